The number of nitro benzene ring substituents is 1. The zero-order valence-corrected chi connectivity index (χ0v) is 11.9. The number of carbonyl (C=O) groups excluding carboxylic acids is 1. The first-order valence-corrected chi connectivity index (χ1v) is 7.33. The lowest BCUT2D eigenvalue weighted by Crippen LogP contribution is -2.26. The van der Waals surface area contributed by atoms with Crippen molar-refractivity contribution in [1.29, 1.82) is 0 Å². The molecule has 0 unspecified atom stereocenters. The summed E-state index contributed by atoms with van der Waals surface area (Å²) in [5, 5.41) is 22.9. The van der Waals surface area contributed by atoms with Crippen molar-refractivity contribution in [3.8, 4) is 5.75 Å². The van der Waals surface area contributed by atoms with Crippen LogP contribution in [0, 0.1) is 16.0 Å². The molecule has 0 bridgehead atoms. The third-order valence-corrected chi connectivity index (χ3v) is 4.00. The molecule has 0 aliphatic heterocycles. The van der Waals surface area contributed by atoms with Crippen LogP contribution in [0.15, 0.2) is 18.2 Å². The van der Waals surface area contributed by atoms with Gasteiger partial charge in [-0.1, -0.05) is 32.1 Å². The predicted molar refractivity (Wildman–Crippen MR) is 78.3 cm³/mol. The second-order valence-corrected chi connectivity index (χ2v) is 5.51. The lowest BCUT2D eigenvalue weighted by Gasteiger charge is -2.21. The number of benzene rings is 1. The summed E-state index contributed by atoms with van der Waals surface area (Å²) in [5.74, 6) is -0.111. The number of nitrogens with zero attached hydrogens (tertiary/aromatic N) is 1. The lowest BCUT2D eigenvalue weighted by atomic mass is 9.87. The average Bonchev–Trinajstić information content (AvgIpc) is 2.47. The van der Waals surface area contributed by atoms with Crippen LogP contribution in [0.3, 0.4) is 0 Å². The van der Waals surface area contributed by atoms with Crippen molar-refractivity contribution in [1.82, 2.24) is 5.32 Å². The zero-order chi connectivity index (χ0) is 15.2. The Balaban J connectivity index is 1.85. The van der Waals surface area contributed by atoms with Gasteiger partial charge in [0.25, 0.3) is 5.91 Å². The molecule has 0 radical (unpaired) electrons. The Morgan fingerprint density at radius 3 is 2.67 bits per heavy atom. The summed E-state index contributed by atoms with van der Waals surface area (Å²) in [6.45, 7) is 0.598. The van der Waals surface area contributed by atoms with E-state index < -0.39 is 16.4 Å². The van der Waals surface area contributed by atoms with Gasteiger partial charge in [-0.05, 0) is 24.5 Å². The molecular formula is C15H20N2O4. The van der Waals surface area contributed by atoms with Gasteiger partial charge in [-0.3, -0.25) is 14.9 Å². The van der Waals surface area contributed by atoms with E-state index in [9.17, 15) is 20.0 Å². The van der Waals surface area contributed by atoms with Crippen LogP contribution in [0.2, 0.25) is 0 Å². The topological polar surface area (TPSA) is 92.5 Å². The molecular weight excluding hydrogens is 272 g/mol. The first kappa shape index (κ1) is 15.3. The van der Waals surface area contributed by atoms with Gasteiger partial charge >= 0.3 is 5.69 Å². The van der Waals surface area contributed by atoms with Crippen molar-refractivity contribution >= 4 is 11.6 Å². The maximum atomic E-state index is 11.9. The number of amides is 1. The van der Waals surface area contributed by atoms with Gasteiger partial charge in [0.05, 0.1) is 4.92 Å². The van der Waals surface area contributed by atoms with Gasteiger partial charge in [-0.15, -0.1) is 0 Å². The minimum atomic E-state index is -0.680. The second-order valence-electron chi connectivity index (χ2n) is 5.51. The molecule has 1 fully saturated rings. The van der Waals surface area contributed by atoms with Crippen LogP contribution < -0.4 is 5.32 Å². The molecule has 1 aromatic rings. The fourth-order valence-corrected chi connectivity index (χ4v) is 2.79. The third kappa shape index (κ3) is 4.18. The van der Waals surface area contributed by atoms with E-state index in [1.54, 1.807) is 0 Å². The summed E-state index contributed by atoms with van der Waals surface area (Å²) < 4.78 is 0. The molecule has 0 heterocycles. The Kier molecular flexibility index (Phi) is 5.14. The minimum absolute atomic E-state index is 0.238. The van der Waals surface area contributed by atoms with E-state index >= 15 is 0 Å². The molecule has 2 rings (SSSR count). The van der Waals surface area contributed by atoms with Crippen molar-refractivity contribution in [2.75, 3.05) is 6.54 Å². The normalized spacial score (nSPS) is 15.6. The van der Waals surface area contributed by atoms with E-state index in [4.69, 9.17) is 0 Å². The minimum Gasteiger partial charge on any atom is -0.502 e. The maximum Gasteiger partial charge on any atom is 0.310 e. The van der Waals surface area contributed by atoms with Gasteiger partial charge in [0.2, 0.25) is 0 Å². The highest BCUT2D eigenvalue weighted by atomic mass is 16.6. The first-order chi connectivity index (χ1) is 10.1. The van der Waals surface area contributed by atoms with Crippen molar-refractivity contribution in [3.63, 3.8) is 0 Å². The monoisotopic (exact) mass is 292 g/mol. The summed E-state index contributed by atoms with van der Waals surface area (Å²) in [6.07, 6.45) is 7.28. The number of phenols is 1. The number of phenolic OH excluding ortho intramolecular Hbond substituents is 1. The average molecular weight is 292 g/mol. The Labute approximate surface area is 123 Å². The number of hydrogen-bond donors (Lipinski definition) is 2. The van der Waals surface area contributed by atoms with Crippen molar-refractivity contribution in [2.24, 2.45) is 5.92 Å². The molecule has 0 aromatic heterocycles. The molecule has 0 atom stereocenters. The van der Waals surface area contributed by atoms with Gasteiger partial charge < -0.3 is 10.4 Å². The molecule has 1 saturated carbocycles. The fourth-order valence-electron chi connectivity index (χ4n) is 2.79. The third-order valence-electron chi connectivity index (χ3n) is 4.00. The Bertz CT molecular complexity index is 524. The van der Waals surface area contributed by atoms with Crippen LogP contribution in [0.4, 0.5) is 5.69 Å². The first-order valence-electron chi connectivity index (χ1n) is 7.33. The summed E-state index contributed by atoms with van der Waals surface area (Å²) in [5.41, 5.74) is -0.157. The Morgan fingerprint density at radius 1 is 1.33 bits per heavy atom. The molecule has 21 heavy (non-hydrogen) atoms. The highest BCUT2D eigenvalue weighted by Crippen LogP contribution is 2.27. The number of hydrogen-bond acceptors (Lipinski definition) is 4. The van der Waals surface area contributed by atoms with Gasteiger partial charge in [0.1, 0.15) is 0 Å². The molecule has 2 N–H and O–H groups in total. The summed E-state index contributed by atoms with van der Waals surface area (Å²) >= 11 is 0. The highest BCUT2D eigenvalue weighted by Gasteiger charge is 2.17. The molecule has 1 aromatic carbocycles. The van der Waals surface area contributed by atoms with E-state index in [1.165, 1.54) is 38.2 Å². The summed E-state index contributed by atoms with van der Waals surface area (Å²) in [7, 11) is 0. The SMILES string of the molecule is O=C(NCCC1CCCCC1)c1ccc([N+](=O)[O-])c(O)c1. The molecule has 114 valence electrons. The number of rotatable bonds is 5. The number of carbonyl (C=O) groups is 1. The Hall–Kier alpha value is -2.11. The van der Waals surface area contributed by atoms with Crippen molar-refractivity contribution in [3.05, 3.63) is 33.9 Å². The van der Waals surface area contributed by atoms with E-state index in [2.05, 4.69) is 5.32 Å². The van der Waals surface area contributed by atoms with Gasteiger partial charge in [-0.2, -0.15) is 0 Å². The molecule has 1 amide bonds. The molecule has 1 aliphatic carbocycles. The second kappa shape index (κ2) is 7.06. The van der Waals surface area contributed by atoms with Gasteiger partial charge in [0.15, 0.2) is 5.75 Å². The van der Waals surface area contributed by atoms with Crippen LogP contribution in [0.5, 0.6) is 5.75 Å². The number of aromatic hydroxyl groups is 1. The van der Waals surface area contributed by atoms with Crippen LogP contribution in [-0.2, 0) is 0 Å². The van der Waals surface area contributed by atoms with Gasteiger partial charge in [0, 0.05) is 18.2 Å². The standard InChI is InChI=1S/C15H20N2O4/c18-14-10-12(6-7-13(14)17(20)21)15(19)16-9-8-11-4-2-1-3-5-11/h6-7,10-11,18H,1-5,8-9H2,(H,16,19). The van der Waals surface area contributed by atoms with E-state index in [0.717, 1.165) is 18.6 Å². The molecule has 1 aliphatic rings. The van der Waals surface area contributed by atoms with Crippen molar-refractivity contribution in [2.45, 2.75) is 38.5 Å². The highest BCUT2D eigenvalue weighted by molar-refractivity contribution is 5.95. The van der Waals surface area contributed by atoms with Crippen LogP contribution in [0.25, 0.3) is 0 Å². The van der Waals surface area contributed by atoms with E-state index in [1.807, 2.05) is 0 Å². The predicted octanol–water partition coefficient (Wildman–Crippen LogP) is 3.00. The van der Waals surface area contributed by atoms with E-state index in [-0.39, 0.29) is 11.5 Å². The summed E-state index contributed by atoms with van der Waals surface area (Å²) in [4.78, 5) is 21.8. The van der Waals surface area contributed by atoms with Crippen LogP contribution in [0.1, 0.15) is 48.9 Å². The van der Waals surface area contributed by atoms with Crippen LogP contribution >= 0.6 is 0 Å². The molecule has 0 spiro atoms. The van der Waals surface area contributed by atoms with Gasteiger partial charge in [-0.25, -0.2) is 0 Å². The smallest absolute Gasteiger partial charge is 0.310 e. The zero-order valence-electron chi connectivity index (χ0n) is 11.9. The lowest BCUT2D eigenvalue weighted by molar-refractivity contribution is -0.385. The maximum absolute atomic E-state index is 11.9. The van der Waals surface area contributed by atoms with Crippen LogP contribution in [-0.4, -0.2) is 22.5 Å². The largest absolute Gasteiger partial charge is 0.502 e. The quantitative estimate of drug-likeness (QED) is 0.644. The van der Waals surface area contributed by atoms with E-state index in [0.29, 0.717) is 12.5 Å². The molecule has 6 heteroatoms. The number of nitro groups is 1. The molecule has 6 nitrogen and oxygen atoms in total. The fraction of sp³-hybridized carbons (Fsp3) is 0.533. The molecule has 0 saturated heterocycles. The summed E-state index contributed by atoms with van der Waals surface area (Å²) in [6, 6.07) is 3.63. The van der Waals surface area contributed by atoms with Crippen molar-refractivity contribution < 1.29 is 14.8 Å². The Morgan fingerprint density at radius 2 is 2.05 bits per heavy atom. The number of nitrogens with one attached hydrogen (secondary N) is 1.